The molecular formula is C19H17N3O6. The van der Waals surface area contributed by atoms with Gasteiger partial charge in [-0.05, 0) is 55.0 Å². The van der Waals surface area contributed by atoms with Crippen molar-refractivity contribution in [1.82, 2.24) is 5.43 Å². The molecular weight excluding hydrogens is 366 g/mol. The third kappa shape index (κ3) is 4.64. The maximum atomic E-state index is 11.9. The number of benzene rings is 2. The Balaban J connectivity index is 1.51. The van der Waals surface area contributed by atoms with Gasteiger partial charge in [-0.15, -0.1) is 0 Å². The number of nitrogens with one attached hydrogen (secondary N) is 2. The highest BCUT2D eigenvalue weighted by Crippen LogP contribution is 2.31. The van der Waals surface area contributed by atoms with Gasteiger partial charge in [0.05, 0.1) is 18.4 Å². The molecule has 28 heavy (non-hydrogen) atoms. The monoisotopic (exact) mass is 383 g/mol. The molecule has 144 valence electrons. The van der Waals surface area contributed by atoms with Crippen molar-refractivity contribution in [2.24, 2.45) is 5.10 Å². The fraction of sp³-hybridized carbons (Fsp3) is 0.158. The first-order valence-corrected chi connectivity index (χ1v) is 8.38. The van der Waals surface area contributed by atoms with Crippen molar-refractivity contribution >= 4 is 29.7 Å². The molecule has 0 saturated carbocycles. The molecule has 2 N–H and O–H groups in total. The maximum Gasteiger partial charge on any atom is 0.338 e. The van der Waals surface area contributed by atoms with E-state index in [-0.39, 0.29) is 13.4 Å². The molecule has 0 fully saturated rings. The summed E-state index contributed by atoms with van der Waals surface area (Å²) >= 11 is 0. The first-order chi connectivity index (χ1) is 13.6. The lowest BCUT2D eigenvalue weighted by Crippen LogP contribution is -2.32. The van der Waals surface area contributed by atoms with Crippen LogP contribution in [0.4, 0.5) is 5.69 Å². The van der Waals surface area contributed by atoms with E-state index in [0.717, 1.165) is 0 Å². The van der Waals surface area contributed by atoms with Crippen molar-refractivity contribution in [2.45, 2.75) is 6.92 Å². The average Bonchev–Trinajstić information content (AvgIpc) is 3.16. The summed E-state index contributed by atoms with van der Waals surface area (Å²) in [6.07, 6.45) is 1.38. The van der Waals surface area contributed by atoms with Crippen LogP contribution in [0.5, 0.6) is 11.5 Å². The van der Waals surface area contributed by atoms with E-state index in [0.29, 0.717) is 28.3 Å². The minimum atomic E-state index is -0.938. The molecule has 2 aromatic rings. The second kappa shape index (κ2) is 8.67. The second-order valence-electron chi connectivity index (χ2n) is 5.56. The second-order valence-corrected chi connectivity index (χ2v) is 5.56. The molecule has 2 amide bonds. The lowest BCUT2D eigenvalue weighted by Gasteiger charge is -2.05. The van der Waals surface area contributed by atoms with Gasteiger partial charge in [0.1, 0.15) is 0 Å². The van der Waals surface area contributed by atoms with Crippen LogP contribution in [0.15, 0.2) is 47.6 Å². The summed E-state index contributed by atoms with van der Waals surface area (Å²) in [6, 6.07) is 11.1. The molecule has 0 aliphatic carbocycles. The summed E-state index contributed by atoms with van der Waals surface area (Å²) in [5.74, 6) is -1.08. The predicted molar refractivity (Wildman–Crippen MR) is 99.3 cm³/mol. The van der Waals surface area contributed by atoms with Gasteiger partial charge in [-0.1, -0.05) is 0 Å². The highest BCUT2D eigenvalue weighted by atomic mass is 16.7. The Morgan fingerprint density at radius 1 is 1.07 bits per heavy atom. The van der Waals surface area contributed by atoms with Crippen LogP contribution in [-0.2, 0) is 14.3 Å². The molecule has 0 atom stereocenters. The van der Waals surface area contributed by atoms with Crippen molar-refractivity contribution in [3.8, 4) is 11.5 Å². The smallest absolute Gasteiger partial charge is 0.338 e. The van der Waals surface area contributed by atoms with Gasteiger partial charge in [0.2, 0.25) is 6.79 Å². The third-order valence-electron chi connectivity index (χ3n) is 3.64. The number of carbonyl (C=O) groups is 3. The minimum absolute atomic E-state index is 0.160. The fourth-order valence-electron chi connectivity index (χ4n) is 2.30. The van der Waals surface area contributed by atoms with Crippen LogP contribution in [-0.4, -0.2) is 37.4 Å². The van der Waals surface area contributed by atoms with Gasteiger partial charge in [0.15, 0.2) is 11.5 Å². The van der Waals surface area contributed by atoms with Crippen molar-refractivity contribution in [3.05, 3.63) is 53.6 Å². The van der Waals surface area contributed by atoms with E-state index in [1.807, 2.05) is 0 Å². The first-order valence-electron chi connectivity index (χ1n) is 8.38. The van der Waals surface area contributed by atoms with E-state index in [1.165, 1.54) is 30.5 Å². The maximum absolute atomic E-state index is 11.9. The molecule has 0 spiro atoms. The van der Waals surface area contributed by atoms with Crippen molar-refractivity contribution < 1.29 is 28.6 Å². The zero-order valence-electron chi connectivity index (χ0n) is 14.9. The third-order valence-corrected chi connectivity index (χ3v) is 3.64. The number of nitrogens with zero attached hydrogens (tertiary/aromatic N) is 1. The molecule has 0 aromatic heterocycles. The Kier molecular flexibility index (Phi) is 5.85. The van der Waals surface area contributed by atoms with E-state index in [2.05, 4.69) is 15.8 Å². The van der Waals surface area contributed by atoms with Crippen molar-refractivity contribution in [2.75, 3.05) is 18.7 Å². The lowest BCUT2D eigenvalue weighted by molar-refractivity contribution is -0.136. The Bertz CT molecular complexity index is 924. The summed E-state index contributed by atoms with van der Waals surface area (Å²) in [7, 11) is 0. The first kappa shape index (κ1) is 18.9. The normalized spacial score (nSPS) is 11.9. The molecule has 1 heterocycles. The number of hydrogen-bond donors (Lipinski definition) is 2. The van der Waals surface area contributed by atoms with Crippen LogP contribution in [0.1, 0.15) is 22.8 Å². The van der Waals surface area contributed by atoms with Gasteiger partial charge in [0, 0.05) is 5.69 Å². The molecule has 0 radical (unpaired) electrons. The molecule has 3 rings (SSSR count). The number of hydrazone groups is 1. The van der Waals surface area contributed by atoms with E-state index in [4.69, 9.17) is 14.2 Å². The molecule has 9 nitrogen and oxygen atoms in total. The van der Waals surface area contributed by atoms with Crippen LogP contribution in [0.3, 0.4) is 0 Å². The predicted octanol–water partition coefficient (Wildman–Crippen LogP) is 1.68. The standard InChI is InChI=1S/C19H17N3O6/c1-2-26-19(25)13-4-6-14(7-5-13)21-17(23)18(24)22-20-10-12-3-8-15-16(9-12)28-11-27-15/h3-10H,2,11H2,1H3,(H,21,23)(H,22,24)/b20-10-. The molecule has 1 aliphatic rings. The summed E-state index contributed by atoms with van der Waals surface area (Å²) in [4.78, 5) is 35.3. The van der Waals surface area contributed by atoms with Crippen molar-refractivity contribution in [1.29, 1.82) is 0 Å². The number of anilines is 1. The molecule has 0 bridgehead atoms. The van der Waals surface area contributed by atoms with Crippen LogP contribution in [0.2, 0.25) is 0 Å². The SMILES string of the molecule is CCOC(=O)c1ccc(NC(=O)C(=O)N/N=C\c2ccc3c(c2)OCO3)cc1. The average molecular weight is 383 g/mol. The number of carbonyl (C=O) groups excluding carboxylic acids is 3. The zero-order chi connectivity index (χ0) is 19.9. The summed E-state index contributed by atoms with van der Waals surface area (Å²) in [5, 5.41) is 6.15. The lowest BCUT2D eigenvalue weighted by atomic mass is 10.2. The largest absolute Gasteiger partial charge is 0.462 e. The van der Waals surface area contributed by atoms with Gasteiger partial charge < -0.3 is 19.5 Å². The van der Waals surface area contributed by atoms with Crippen LogP contribution in [0, 0.1) is 0 Å². The van der Waals surface area contributed by atoms with Crippen LogP contribution < -0.4 is 20.2 Å². The molecule has 1 aliphatic heterocycles. The van der Waals surface area contributed by atoms with Crippen LogP contribution in [0.25, 0.3) is 0 Å². The Morgan fingerprint density at radius 3 is 2.57 bits per heavy atom. The molecule has 2 aromatic carbocycles. The van der Waals surface area contributed by atoms with Gasteiger partial charge >= 0.3 is 17.8 Å². The van der Waals surface area contributed by atoms with Crippen LogP contribution >= 0.6 is 0 Å². The number of amides is 2. The number of ether oxygens (including phenoxy) is 3. The quantitative estimate of drug-likeness (QED) is 0.351. The van der Waals surface area contributed by atoms with E-state index >= 15 is 0 Å². The number of fused-ring (bicyclic) bond motifs is 1. The highest BCUT2D eigenvalue weighted by Gasteiger charge is 2.14. The zero-order valence-corrected chi connectivity index (χ0v) is 14.9. The topological polar surface area (TPSA) is 115 Å². The highest BCUT2D eigenvalue weighted by molar-refractivity contribution is 6.39. The van der Waals surface area contributed by atoms with Gasteiger partial charge in [0.25, 0.3) is 0 Å². The Morgan fingerprint density at radius 2 is 1.82 bits per heavy atom. The van der Waals surface area contributed by atoms with E-state index < -0.39 is 17.8 Å². The van der Waals surface area contributed by atoms with Gasteiger partial charge in [-0.25, -0.2) is 10.2 Å². The van der Waals surface area contributed by atoms with Crippen molar-refractivity contribution in [3.63, 3.8) is 0 Å². The van der Waals surface area contributed by atoms with E-state index in [1.54, 1.807) is 25.1 Å². The molecule has 0 saturated heterocycles. The minimum Gasteiger partial charge on any atom is -0.462 e. The number of esters is 1. The Hall–Kier alpha value is -3.88. The van der Waals surface area contributed by atoms with Gasteiger partial charge in [-0.3, -0.25) is 9.59 Å². The van der Waals surface area contributed by atoms with Gasteiger partial charge in [-0.2, -0.15) is 5.10 Å². The number of hydrogen-bond acceptors (Lipinski definition) is 7. The summed E-state index contributed by atoms with van der Waals surface area (Å²) in [6.45, 7) is 2.14. The Labute approximate surface area is 160 Å². The molecule has 0 unspecified atom stereocenters. The fourth-order valence-corrected chi connectivity index (χ4v) is 2.30. The summed E-state index contributed by atoms with van der Waals surface area (Å²) in [5.41, 5.74) is 3.50. The molecule has 9 heteroatoms. The number of rotatable bonds is 5. The van der Waals surface area contributed by atoms with E-state index in [9.17, 15) is 14.4 Å². The summed E-state index contributed by atoms with van der Waals surface area (Å²) < 4.78 is 15.3.